The van der Waals surface area contributed by atoms with E-state index < -0.39 is 0 Å². The number of thioether (sulfide) groups is 1. The first-order valence-corrected chi connectivity index (χ1v) is 8.40. The molecular weight excluding hydrogens is 372 g/mol. The van der Waals surface area contributed by atoms with E-state index in [4.69, 9.17) is 22.1 Å². The van der Waals surface area contributed by atoms with Gasteiger partial charge in [0, 0.05) is 15.2 Å². The Morgan fingerprint density at radius 1 is 1.24 bits per heavy atom. The van der Waals surface area contributed by atoms with Gasteiger partial charge in [-0.25, -0.2) is 4.99 Å². The lowest BCUT2D eigenvalue weighted by atomic mass is 10.3. The van der Waals surface area contributed by atoms with E-state index >= 15 is 0 Å². The van der Waals surface area contributed by atoms with Gasteiger partial charge < -0.3 is 10.5 Å². The van der Waals surface area contributed by atoms with Crippen LogP contribution >= 0.6 is 39.3 Å². The molecule has 2 aromatic carbocycles. The van der Waals surface area contributed by atoms with E-state index in [2.05, 4.69) is 20.9 Å². The Morgan fingerprint density at radius 2 is 2.00 bits per heavy atom. The highest BCUT2D eigenvalue weighted by atomic mass is 79.9. The van der Waals surface area contributed by atoms with Crippen LogP contribution in [0.5, 0.6) is 5.75 Å². The number of amidine groups is 1. The van der Waals surface area contributed by atoms with Crippen LogP contribution in [0.1, 0.15) is 0 Å². The maximum atomic E-state index is 5.86. The fourth-order valence-corrected chi connectivity index (χ4v) is 2.59. The molecule has 0 unspecified atom stereocenters. The summed E-state index contributed by atoms with van der Waals surface area (Å²) in [7, 11) is 0. The predicted octanol–water partition coefficient (Wildman–Crippen LogP) is 4.86. The van der Waals surface area contributed by atoms with E-state index in [1.165, 1.54) is 11.8 Å². The van der Waals surface area contributed by atoms with Gasteiger partial charge in [-0.1, -0.05) is 45.4 Å². The van der Waals surface area contributed by atoms with E-state index in [1.54, 1.807) is 12.1 Å². The van der Waals surface area contributed by atoms with Crippen LogP contribution in [0.3, 0.4) is 0 Å². The van der Waals surface area contributed by atoms with Crippen LogP contribution in [-0.2, 0) is 0 Å². The van der Waals surface area contributed by atoms with Crippen molar-refractivity contribution in [2.75, 3.05) is 12.4 Å². The average molecular weight is 386 g/mol. The van der Waals surface area contributed by atoms with Crippen molar-refractivity contribution in [1.29, 1.82) is 0 Å². The van der Waals surface area contributed by atoms with Gasteiger partial charge >= 0.3 is 0 Å². The molecule has 0 aromatic heterocycles. The van der Waals surface area contributed by atoms with Crippen molar-refractivity contribution in [2.24, 2.45) is 10.7 Å². The first kappa shape index (κ1) is 16.2. The van der Waals surface area contributed by atoms with Crippen LogP contribution in [0, 0.1) is 0 Å². The summed E-state index contributed by atoms with van der Waals surface area (Å²) >= 11 is 10.7. The Morgan fingerprint density at radius 3 is 2.71 bits per heavy atom. The molecule has 21 heavy (non-hydrogen) atoms. The summed E-state index contributed by atoms with van der Waals surface area (Å²) in [5, 5.41) is 1.19. The highest BCUT2D eigenvalue weighted by Gasteiger charge is 1.98. The van der Waals surface area contributed by atoms with Crippen LogP contribution < -0.4 is 10.5 Å². The number of nitrogens with two attached hydrogens (primary N) is 1. The highest BCUT2D eigenvalue weighted by Crippen LogP contribution is 2.19. The molecule has 0 saturated heterocycles. The molecule has 2 rings (SSSR count). The van der Waals surface area contributed by atoms with Gasteiger partial charge in [-0.05, 0) is 42.5 Å². The quantitative estimate of drug-likeness (QED) is 0.454. The second-order valence-corrected chi connectivity index (χ2v) is 6.55. The molecule has 0 spiro atoms. The van der Waals surface area contributed by atoms with Crippen molar-refractivity contribution in [3.05, 3.63) is 58.0 Å². The summed E-state index contributed by atoms with van der Waals surface area (Å²) in [5.74, 6) is 1.56. The summed E-state index contributed by atoms with van der Waals surface area (Å²) in [6, 6.07) is 15.0. The van der Waals surface area contributed by atoms with E-state index in [9.17, 15) is 0 Å². The Bertz CT molecular complexity index is 619. The van der Waals surface area contributed by atoms with Crippen molar-refractivity contribution in [2.45, 2.75) is 0 Å². The molecule has 0 aliphatic heterocycles. The number of benzene rings is 2. The second-order valence-electron chi connectivity index (χ2n) is 4.08. The maximum Gasteiger partial charge on any atom is 0.159 e. The number of ether oxygens (including phenoxy) is 1. The fourth-order valence-electron chi connectivity index (χ4n) is 1.54. The highest BCUT2D eigenvalue weighted by molar-refractivity contribution is 9.10. The normalized spacial score (nSPS) is 11.4. The molecule has 0 saturated carbocycles. The van der Waals surface area contributed by atoms with E-state index in [1.807, 2.05) is 36.4 Å². The van der Waals surface area contributed by atoms with Gasteiger partial charge in [-0.3, -0.25) is 0 Å². The number of rotatable bonds is 5. The Labute approximate surface area is 141 Å². The zero-order valence-electron chi connectivity index (χ0n) is 11.1. The third kappa shape index (κ3) is 5.99. The molecule has 2 aromatic rings. The molecule has 0 aliphatic rings. The second kappa shape index (κ2) is 8.32. The summed E-state index contributed by atoms with van der Waals surface area (Å²) in [5.41, 5.74) is 6.65. The molecule has 0 atom stereocenters. The number of hydrogen-bond donors (Lipinski definition) is 1. The molecule has 3 nitrogen and oxygen atoms in total. The average Bonchev–Trinajstić information content (AvgIpc) is 2.46. The first-order valence-electron chi connectivity index (χ1n) is 6.24. The van der Waals surface area contributed by atoms with Gasteiger partial charge in [-0.2, -0.15) is 0 Å². The smallest absolute Gasteiger partial charge is 0.159 e. The van der Waals surface area contributed by atoms with Gasteiger partial charge in [0.2, 0.25) is 0 Å². The van der Waals surface area contributed by atoms with E-state index in [-0.39, 0.29) is 0 Å². The molecule has 0 amide bonds. The Hall–Kier alpha value is -1.17. The zero-order valence-corrected chi connectivity index (χ0v) is 14.3. The third-order valence-electron chi connectivity index (χ3n) is 2.46. The number of halogens is 2. The molecule has 0 fully saturated rings. The monoisotopic (exact) mass is 384 g/mol. The van der Waals surface area contributed by atoms with Gasteiger partial charge in [0.25, 0.3) is 0 Å². The summed E-state index contributed by atoms with van der Waals surface area (Å²) < 4.78 is 6.62. The molecule has 0 radical (unpaired) electrons. The lowest BCUT2D eigenvalue weighted by molar-refractivity contribution is 0.344. The van der Waals surface area contributed by atoms with E-state index in [0.717, 1.165) is 21.7 Å². The van der Waals surface area contributed by atoms with Crippen LogP contribution in [0.15, 0.2) is 58.0 Å². The summed E-state index contributed by atoms with van der Waals surface area (Å²) in [6.07, 6.45) is 0. The van der Waals surface area contributed by atoms with Crippen molar-refractivity contribution < 1.29 is 4.74 Å². The molecule has 0 bridgehead atoms. The molecule has 0 heterocycles. The summed E-state index contributed by atoms with van der Waals surface area (Å²) in [4.78, 5) is 4.29. The molecule has 2 N–H and O–H groups in total. The number of hydrogen-bond acceptors (Lipinski definition) is 3. The van der Waals surface area contributed by atoms with E-state index in [0.29, 0.717) is 16.8 Å². The molecule has 6 heteroatoms. The Balaban J connectivity index is 1.76. The van der Waals surface area contributed by atoms with Gasteiger partial charge in [-0.15, -0.1) is 0 Å². The maximum absolute atomic E-state index is 5.86. The SMILES string of the molecule is NC(=Nc1ccc(Cl)cc1)SCCOc1cccc(Br)c1. The lowest BCUT2D eigenvalue weighted by Crippen LogP contribution is -2.10. The van der Waals surface area contributed by atoms with Gasteiger partial charge in [0.1, 0.15) is 5.75 Å². The molecule has 0 aliphatic carbocycles. The van der Waals surface area contributed by atoms with Crippen molar-refractivity contribution in [3.8, 4) is 5.75 Å². The molecular formula is C15H14BrClN2OS. The van der Waals surface area contributed by atoms with Gasteiger partial charge in [0.15, 0.2) is 5.17 Å². The van der Waals surface area contributed by atoms with Crippen LogP contribution in [0.2, 0.25) is 5.02 Å². The predicted molar refractivity (Wildman–Crippen MR) is 94.8 cm³/mol. The van der Waals surface area contributed by atoms with Crippen molar-refractivity contribution >= 4 is 50.1 Å². The largest absolute Gasteiger partial charge is 0.493 e. The topological polar surface area (TPSA) is 47.6 Å². The number of aliphatic imine (C=N–C) groups is 1. The number of nitrogens with zero attached hydrogens (tertiary/aromatic N) is 1. The van der Waals surface area contributed by atoms with Crippen molar-refractivity contribution in [1.82, 2.24) is 0 Å². The van der Waals surface area contributed by atoms with Crippen LogP contribution in [-0.4, -0.2) is 17.5 Å². The fraction of sp³-hybridized carbons (Fsp3) is 0.133. The minimum Gasteiger partial charge on any atom is -0.493 e. The van der Waals surface area contributed by atoms with Crippen LogP contribution in [0.25, 0.3) is 0 Å². The van der Waals surface area contributed by atoms with Crippen LogP contribution in [0.4, 0.5) is 5.69 Å². The standard InChI is InChI=1S/C15H14BrClN2OS/c16-11-2-1-3-14(10-11)20-8-9-21-15(18)19-13-6-4-12(17)5-7-13/h1-7,10H,8-9H2,(H2,18,19). The first-order chi connectivity index (χ1) is 10.1. The lowest BCUT2D eigenvalue weighted by Gasteiger charge is -2.06. The Kier molecular flexibility index (Phi) is 6.42. The van der Waals surface area contributed by atoms with Crippen molar-refractivity contribution in [3.63, 3.8) is 0 Å². The minimum absolute atomic E-state index is 0.509. The minimum atomic E-state index is 0.509. The zero-order chi connectivity index (χ0) is 15.1. The third-order valence-corrected chi connectivity index (χ3v) is 3.97. The summed E-state index contributed by atoms with van der Waals surface area (Å²) in [6.45, 7) is 0.567. The van der Waals surface area contributed by atoms with Gasteiger partial charge in [0.05, 0.1) is 12.3 Å². The molecule has 110 valence electrons.